The minimum atomic E-state index is -0.435. The summed E-state index contributed by atoms with van der Waals surface area (Å²) in [6.07, 6.45) is 0.128. The van der Waals surface area contributed by atoms with E-state index in [1.54, 1.807) is 13.0 Å². The van der Waals surface area contributed by atoms with Gasteiger partial charge in [-0.3, -0.25) is 9.59 Å². The molecule has 2 heterocycles. The van der Waals surface area contributed by atoms with Gasteiger partial charge in [0.2, 0.25) is 11.8 Å². The molecule has 28 heavy (non-hydrogen) atoms. The molecule has 2 aliphatic heterocycles. The molecule has 2 amide bonds. The molecular weight excluding hydrogens is 379 g/mol. The lowest BCUT2D eigenvalue weighted by atomic mass is 9.89. The minimum Gasteiger partial charge on any atom is -0.342 e. The number of amides is 2. The monoisotopic (exact) mass is 400 g/mol. The molecule has 0 radical (unpaired) electrons. The van der Waals surface area contributed by atoms with Crippen LogP contribution in [0.4, 0.5) is 4.39 Å². The summed E-state index contributed by atoms with van der Waals surface area (Å²) < 4.78 is 13.6. The Balaban J connectivity index is 1.51. The SMILES string of the molecule is CC(=O)N1C[C@H]2CN(C(=O)Cc3cc(F)cc(Cl)c3)C[C@H]2[C@@H]1c1ccccc1. The van der Waals surface area contributed by atoms with Gasteiger partial charge in [0.25, 0.3) is 0 Å². The van der Waals surface area contributed by atoms with Gasteiger partial charge in [0.15, 0.2) is 0 Å². The molecule has 2 fully saturated rings. The predicted octanol–water partition coefficient (Wildman–Crippen LogP) is 3.70. The molecule has 4 rings (SSSR count). The van der Waals surface area contributed by atoms with Gasteiger partial charge in [-0.1, -0.05) is 41.9 Å². The van der Waals surface area contributed by atoms with Gasteiger partial charge >= 0.3 is 0 Å². The van der Waals surface area contributed by atoms with Crippen LogP contribution in [0, 0.1) is 17.7 Å². The lowest BCUT2D eigenvalue weighted by Crippen LogP contribution is -2.37. The smallest absolute Gasteiger partial charge is 0.227 e. The Morgan fingerprint density at radius 2 is 1.86 bits per heavy atom. The number of hydrogen-bond acceptors (Lipinski definition) is 2. The van der Waals surface area contributed by atoms with E-state index in [-0.39, 0.29) is 36.1 Å². The molecule has 0 unspecified atom stereocenters. The number of benzene rings is 2. The number of fused-ring (bicyclic) bond motifs is 1. The largest absolute Gasteiger partial charge is 0.342 e. The van der Waals surface area contributed by atoms with E-state index in [1.807, 2.05) is 40.1 Å². The number of hydrogen-bond donors (Lipinski definition) is 0. The van der Waals surface area contributed by atoms with Crippen molar-refractivity contribution in [1.82, 2.24) is 9.80 Å². The Hall–Kier alpha value is -2.40. The van der Waals surface area contributed by atoms with E-state index in [9.17, 15) is 14.0 Å². The summed E-state index contributed by atoms with van der Waals surface area (Å²) in [5.74, 6) is 0.0723. The van der Waals surface area contributed by atoms with Crippen LogP contribution in [0.5, 0.6) is 0 Å². The first-order valence-corrected chi connectivity index (χ1v) is 9.85. The Kier molecular flexibility index (Phi) is 5.11. The molecule has 2 aliphatic rings. The van der Waals surface area contributed by atoms with Crippen molar-refractivity contribution < 1.29 is 14.0 Å². The Bertz CT molecular complexity index is 884. The van der Waals surface area contributed by atoms with Crippen molar-refractivity contribution in [3.8, 4) is 0 Å². The fourth-order valence-corrected chi connectivity index (χ4v) is 4.89. The van der Waals surface area contributed by atoms with Gasteiger partial charge in [-0.05, 0) is 29.3 Å². The zero-order chi connectivity index (χ0) is 19.8. The van der Waals surface area contributed by atoms with Crippen molar-refractivity contribution in [3.63, 3.8) is 0 Å². The second-order valence-corrected chi connectivity index (χ2v) is 8.14. The van der Waals surface area contributed by atoms with Crippen LogP contribution >= 0.6 is 11.6 Å². The van der Waals surface area contributed by atoms with E-state index in [2.05, 4.69) is 0 Å². The van der Waals surface area contributed by atoms with Gasteiger partial charge in [0.1, 0.15) is 5.82 Å². The van der Waals surface area contributed by atoms with E-state index < -0.39 is 5.82 Å². The maximum Gasteiger partial charge on any atom is 0.227 e. The Labute approximate surface area is 168 Å². The van der Waals surface area contributed by atoms with Crippen molar-refractivity contribution >= 4 is 23.4 Å². The third-order valence-electron chi connectivity index (χ3n) is 5.84. The van der Waals surface area contributed by atoms with Crippen LogP contribution in [-0.2, 0) is 16.0 Å². The zero-order valence-electron chi connectivity index (χ0n) is 15.6. The summed E-state index contributed by atoms with van der Waals surface area (Å²) in [4.78, 5) is 28.8. The van der Waals surface area contributed by atoms with Crippen molar-refractivity contribution in [3.05, 3.63) is 70.5 Å². The standard InChI is InChI=1S/C22H22ClFN2O2/c1-14(27)26-12-17-11-25(13-20(17)22(26)16-5-3-2-4-6-16)21(28)9-15-7-18(23)10-19(24)8-15/h2-8,10,17,20,22H,9,11-13H2,1H3/t17-,20-,22+/m1/s1. The summed E-state index contributed by atoms with van der Waals surface area (Å²) in [7, 11) is 0. The first-order chi connectivity index (χ1) is 13.4. The minimum absolute atomic E-state index is 0.00915. The van der Waals surface area contributed by atoms with Crippen LogP contribution in [-0.4, -0.2) is 41.2 Å². The molecule has 4 nitrogen and oxygen atoms in total. The molecule has 2 aromatic carbocycles. The number of nitrogens with zero attached hydrogens (tertiary/aromatic N) is 2. The second-order valence-electron chi connectivity index (χ2n) is 7.70. The van der Waals surface area contributed by atoms with Gasteiger partial charge in [-0.15, -0.1) is 0 Å². The average Bonchev–Trinajstić information content (AvgIpc) is 3.19. The van der Waals surface area contributed by atoms with Crippen LogP contribution < -0.4 is 0 Å². The highest BCUT2D eigenvalue weighted by atomic mass is 35.5. The molecule has 0 saturated carbocycles. The van der Waals surface area contributed by atoms with Crippen molar-refractivity contribution in [1.29, 1.82) is 0 Å². The first-order valence-electron chi connectivity index (χ1n) is 9.47. The third-order valence-corrected chi connectivity index (χ3v) is 6.06. The molecule has 3 atom stereocenters. The van der Waals surface area contributed by atoms with Gasteiger partial charge in [0, 0.05) is 43.4 Å². The van der Waals surface area contributed by atoms with Gasteiger partial charge in [-0.25, -0.2) is 4.39 Å². The van der Waals surface area contributed by atoms with Gasteiger partial charge in [0.05, 0.1) is 12.5 Å². The van der Waals surface area contributed by atoms with Crippen molar-refractivity contribution in [2.45, 2.75) is 19.4 Å². The highest BCUT2D eigenvalue weighted by Crippen LogP contribution is 2.45. The molecule has 0 N–H and O–H groups in total. The topological polar surface area (TPSA) is 40.6 Å². The van der Waals surface area contributed by atoms with Crippen LogP contribution in [0.1, 0.15) is 24.1 Å². The highest BCUT2D eigenvalue weighted by Gasteiger charge is 2.49. The number of carbonyl (C=O) groups excluding carboxylic acids is 2. The molecule has 0 bridgehead atoms. The van der Waals surface area contributed by atoms with E-state index in [4.69, 9.17) is 11.6 Å². The summed E-state index contributed by atoms with van der Waals surface area (Å²) in [5, 5.41) is 0.294. The summed E-state index contributed by atoms with van der Waals surface area (Å²) in [5.41, 5.74) is 1.69. The maximum atomic E-state index is 13.6. The normalized spacial score (nSPS) is 23.8. The molecule has 2 saturated heterocycles. The average molecular weight is 401 g/mol. The number of halogens is 2. The van der Waals surface area contributed by atoms with Gasteiger partial charge in [-0.2, -0.15) is 0 Å². The molecule has 0 aromatic heterocycles. The summed E-state index contributed by atoms with van der Waals surface area (Å²) >= 11 is 5.90. The number of carbonyl (C=O) groups is 2. The maximum absolute atomic E-state index is 13.6. The van der Waals surface area contributed by atoms with Gasteiger partial charge < -0.3 is 9.80 Å². The number of rotatable bonds is 3. The summed E-state index contributed by atoms with van der Waals surface area (Å²) in [6, 6.07) is 14.2. The van der Waals surface area contributed by atoms with Crippen molar-refractivity contribution in [2.24, 2.45) is 11.8 Å². The number of likely N-dealkylation sites (tertiary alicyclic amines) is 2. The highest BCUT2D eigenvalue weighted by molar-refractivity contribution is 6.30. The van der Waals surface area contributed by atoms with Crippen LogP contribution in [0.3, 0.4) is 0 Å². The summed E-state index contributed by atoms with van der Waals surface area (Å²) in [6.45, 7) is 3.50. The molecule has 6 heteroatoms. The quantitative estimate of drug-likeness (QED) is 0.788. The zero-order valence-corrected chi connectivity index (χ0v) is 16.4. The van der Waals surface area contributed by atoms with E-state index in [0.29, 0.717) is 30.2 Å². The molecular formula is C22H22ClFN2O2. The van der Waals surface area contributed by atoms with Crippen LogP contribution in [0.15, 0.2) is 48.5 Å². The van der Waals surface area contributed by atoms with Crippen molar-refractivity contribution in [2.75, 3.05) is 19.6 Å². The predicted molar refractivity (Wildman–Crippen MR) is 105 cm³/mol. The Morgan fingerprint density at radius 3 is 2.54 bits per heavy atom. The first kappa shape index (κ1) is 18.9. The lowest BCUT2D eigenvalue weighted by molar-refractivity contribution is -0.131. The fraction of sp³-hybridized carbons (Fsp3) is 0.364. The Morgan fingerprint density at radius 1 is 1.11 bits per heavy atom. The van der Waals surface area contributed by atoms with E-state index in [0.717, 1.165) is 5.56 Å². The lowest BCUT2D eigenvalue weighted by Gasteiger charge is -2.29. The molecule has 2 aromatic rings. The van der Waals surface area contributed by atoms with E-state index >= 15 is 0 Å². The molecule has 0 spiro atoms. The van der Waals surface area contributed by atoms with E-state index in [1.165, 1.54) is 12.1 Å². The molecule has 0 aliphatic carbocycles. The van der Waals surface area contributed by atoms with Crippen LogP contribution in [0.25, 0.3) is 0 Å². The molecule has 146 valence electrons. The van der Waals surface area contributed by atoms with Crippen LogP contribution in [0.2, 0.25) is 5.02 Å². The fourth-order valence-electron chi connectivity index (χ4n) is 4.65. The second kappa shape index (κ2) is 7.55. The third kappa shape index (κ3) is 3.63.